The van der Waals surface area contributed by atoms with Crippen molar-refractivity contribution in [2.75, 3.05) is 6.54 Å². The van der Waals surface area contributed by atoms with E-state index < -0.39 is 0 Å². The molecule has 0 radical (unpaired) electrons. The summed E-state index contributed by atoms with van der Waals surface area (Å²) in [5.41, 5.74) is 0. The normalized spacial score (nSPS) is 11.7. The summed E-state index contributed by atoms with van der Waals surface area (Å²) in [5.74, 6) is 2.44. The zero-order chi connectivity index (χ0) is 14.5. The molecule has 2 rings (SSSR count). The van der Waals surface area contributed by atoms with Crippen molar-refractivity contribution < 1.29 is 0 Å². The number of hydrogen-bond donors (Lipinski definition) is 1. The van der Waals surface area contributed by atoms with Crippen molar-refractivity contribution in [1.29, 1.82) is 0 Å². The maximum Gasteiger partial charge on any atom is 0.148 e. The molecule has 0 spiro atoms. The fourth-order valence-corrected chi connectivity index (χ4v) is 1.98. The van der Waals surface area contributed by atoms with E-state index in [0.29, 0.717) is 25.0 Å². The lowest BCUT2D eigenvalue weighted by Crippen LogP contribution is -2.22. The van der Waals surface area contributed by atoms with Gasteiger partial charge in [0.25, 0.3) is 0 Å². The van der Waals surface area contributed by atoms with Crippen LogP contribution < -0.4 is 5.32 Å². The molecule has 2 aromatic heterocycles. The number of nitrogens with one attached hydrogen (secondary N) is 1. The van der Waals surface area contributed by atoms with Crippen LogP contribution in [0.4, 0.5) is 0 Å². The fraction of sp³-hybridized carbons (Fsp3) is 0.692. The van der Waals surface area contributed by atoms with E-state index in [2.05, 4.69) is 53.2 Å². The lowest BCUT2D eigenvalue weighted by Gasteiger charge is -2.11. The first-order valence-corrected chi connectivity index (χ1v) is 7.03. The molecule has 0 saturated carbocycles. The smallest absolute Gasteiger partial charge is 0.148 e. The van der Waals surface area contributed by atoms with E-state index in [0.717, 1.165) is 18.2 Å². The van der Waals surface area contributed by atoms with Crippen LogP contribution in [0.3, 0.4) is 0 Å². The van der Waals surface area contributed by atoms with Crippen LogP contribution in [-0.4, -0.2) is 36.1 Å². The highest BCUT2D eigenvalue weighted by molar-refractivity contribution is 4.92. The first kappa shape index (κ1) is 14.6. The Bertz CT molecular complexity index is 526. The van der Waals surface area contributed by atoms with Crippen molar-refractivity contribution >= 4 is 0 Å². The summed E-state index contributed by atoms with van der Waals surface area (Å²) in [6.07, 6.45) is 3.17. The summed E-state index contributed by atoms with van der Waals surface area (Å²) in [5, 5.41) is 11.9. The Morgan fingerprint density at radius 1 is 1.05 bits per heavy atom. The molecule has 7 nitrogen and oxygen atoms in total. The van der Waals surface area contributed by atoms with E-state index in [9.17, 15) is 0 Å². The fourth-order valence-electron chi connectivity index (χ4n) is 1.98. The summed E-state index contributed by atoms with van der Waals surface area (Å²) in [6.45, 7) is 10.8. The van der Waals surface area contributed by atoms with Gasteiger partial charge in [-0.15, -0.1) is 0 Å². The van der Waals surface area contributed by atoms with E-state index in [1.54, 1.807) is 12.7 Å². The average Bonchev–Trinajstić information content (AvgIpc) is 2.99. The quantitative estimate of drug-likeness (QED) is 0.824. The molecule has 0 unspecified atom stereocenters. The highest BCUT2D eigenvalue weighted by Crippen LogP contribution is 2.07. The third kappa shape index (κ3) is 3.63. The van der Waals surface area contributed by atoms with Crippen molar-refractivity contribution in [2.45, 2.75) is 46.8 Å². The molecular weight excluding hydrogens is 254 g/mol. The first-order chi connectivity index (χ1) is 9.58. The molecule has 0 amide bonds. The van der Waals surface area contributed by atoms with E-state index in [1.165, 1.54) is 0 Å². The van der Waals surface area contributed by atoms with E-state index in [1.807, 2.05) is 9.36 Å². The molecule has 110 valence electrons. The van der Waals surface area contributed by atoms with Crippen molar-refractivity contribution in [3.8, 4) is 0 Å². The summed E-state index contributed by atoms with van der Waals surface area (Å²) in [4.78, 5) is 8.60. The summed E-state index contributed by atoms with van der Waals surface area (Å²) in [6, 6.07) is 0.290. The van der Waals surface area contributed by atoms with Crippen LogP contribution in [-0.2, 0) is 13.1 Å². The Balaban J connectivity index is 2.03. The molecule has 2 aromatic rings. The van der Waals surface area contributed by atoms with Crippen LogP contribution in [0, 0.1) is 5.92 Å². The molecule has 0 fully saturated rings. The highest BCUT2D eigenvalue weighted by Gasteiger charge is 2.11. The Morgan fingerprint density at radius 3 is 2.45 bits per heavy atom. The molecule has 7 heteroatoms. The molecule has 0 bridgehead atoms. The van der Waals surface area contributed by atoms with Gasteiger partial charge in [0.15, 0.2) is 0 Å². The van der Waals surface area contributed by atoms with Gasteiger partial charge in [0, 0.05) is 6.04 Å². The van der Waals surface area contributed by atoms with E-state index >= 15 is 0 Å². The third-order valence-corrected chi connectivity index (χ3v) is 2.96. The van der Waals surface area contributed by atoms with Crippen molar-refractivity contribution in [3.05, 3.63) is 24.3 Å². The molecule has 0 aliphatic rings. The molecule has 0 aliphatic carbocycles. The molecule has 20 heavy (non-hydrogen) atoms. The maximum atomic E-state index is 4.30. The zero-order valence-corrected chi connectivity index (χ0v) is 12.6. The van der Waals surface area contributed by atoms with Gasteiger partial charge in [0.2, 0.25) is 0 Å². The van der Waals surface area contributed by atoms with Crippen LogP contribution in [0.1, 0.15) is 45.4 Å². The first-order valence-electron chi connectivity index (χ1n) is 7.03. The Morgan fingerprint density at radius 2 is 1.75 bits per heavy atom. The summed E-state index contributed by atoms with van der Waals surface area (Å²) in [7, 11) is 0. The van der Waals surface area contributed by atoms with Crippen molar-refractivity contribution in [3.63, 3.8) is 0 Å². The lowest BCUT2D eigenvalue weighted by atomic mass is 10.2. The minimum Gasteiger partial charge on any atom is -0.310 e. The van der Waals surface area contributed by atoms with Crippen LogP contribution in [0.15, 0.2) is 12.7 Å². The van der Waals surface area contributed by atoms with Gasteiger partial charge in [-0.25, -0.2) is 19.3 Å². The standard InChI is InChI=1S/C13H23N7/c1-10(2)5-14-6-12-15-8-17-19(12)7-13-16-9-18-20(13)11(3)4/h8-11,14H,5-7H2,1-4H3. The molecular formula is C13H23N7. The molecule has 0 aromatic carbocycles. The van der Waals surface area contributed by atoms with Gasteiger partial charge >= 0.3 is 0 Å². The SMILES string of the molecule is CC(C)CNCc1ncnn1Cc1ncnn1C(C)C. The van der Waals surface area contributed by atoms with Crippen molar-refractivity contribution in [1.82, 2.24) is 34.8 Å². The molecule has 0 atom stereocenters. The van der Waals surface area contributed by atoms with Gasteiger partial charge in [-0.2, -0.15) is 10.2 Å². The van der Waals surface area contributed by atoms with E-state index in [4.69, 9.17) is 0 Å². The molecule has 0 aliphatic heterocycles. The number of aromatic nitrogens is 6. The summed E-state index contributed by atoms with van der Waals surface area (Å²) < 4.78 is 3.78. The highest BCUT2D eigenvalue weighted by atomic mass is 15.4. The third-order valence-electron chi connectivity index (χ3n) is 2.96. The monoisotopic (exact) mass is 277 g/mol. The van der Waals surface area contributed by atoms with Gasteiger partial charge in [-0.1, -0.05) is 13.8 Å². The van der Waals surface area contributed by atoms with Gasteiger partial charge in [-0.05, 0) is 26.3 Å². The van der Waals surface area contributed by atoms with Crippen LogP contribution >= 0.6 is 0 Å². The van der Waals surface area contributed by atoms with Gasteiger partial charge in [0.05, 0.1) is 6.54 Å². The second-order valence-electron chi connectivity index (χ2n) is 5.57. The topological polar surface area (TPSA) is 73.5 Å². The summed E-state index contributed by atoms with van der Waals surface area (Å²) >= 11 is 0. The molecule has 0 saturated heterocycles. The number of nitrogens with zero attached hydrogens (tertiary/aromatic N) is 6. The minimum atomic E-state index is 0.290. The number of rotatable bonds is 7. The second kappa shape index (κ2) is 6.60. The van der Waals surface area contributed by atoms with Gasteiger partial charge in [0.1, 0.15) is 30.8 Å². The zero-order valence-electron chi connectivity index (χ0n) is 12.6. The van der Waals surface area contributed by atoms with Gasteiger partial charge in [-0.3, -0.25) is 0 Å². The molecule has 2 heterocycles. The van der Waals surface area contributed by atoms with Crippen LogP contribution in [0.2, 0.25) is 0 Å². The average molecular weight is 277 g/mol. The number of hydrogen-bond acceptors (Lipinski definition) is 5. The predicted octanol–water partition coefficient (Wildman–Crippen LogP) is 1.24. The second-order valence-corrected chi connectivity index (χ2v) is 5.57. The predicted molar refractivity (Wildman–Crippen MR) is 76.1 cm³/mol. The molecule has 1 N–H and O–H groups in total. The Labute approximate surface area is 119 Å². The maximum absolute atomic E-state index is 4.30. The van der Waals surface area contributed by atoms with Crippen LogP contribution in [0.25, 0.3) is 0 Å². The van der Waals surface area contributed by atoms with Crippen molar-refractivity contribution in [2.24, 2.45) is 5.92 Å². The van der Waals surface area contributed by atoms with E-state index in [-0.39, 0.29) is 0 Å². The largest absolute Gasteiger partial charge is 0.310 e. The lowest BCUT2D eigenvalue weighted by molar-refractivity contribution is 0.475. The van der Waals surface area contributed by atoms with Crippen LogP contribution in [0.5, 0.6) is 0 Å². The minimum absolute atomic E-state index is 0.290. The van der Waals surface area contributed by atoms with Gasteiger partial charge < -0.3 is 5.32 Å². The Hall–Kier alpha value is -1.76. The Kier molecular flexibility index (Phi) is 4.84.